The largest absolute Gasteiger partial charge is 0.229 e. The Balaban J connectivity index is 2.28. The van der Waals surface area contributed by atoms with Crippen LogP contribution in [-0.2, 0) is 9.84 Å². The van der Waals surface area contributed by atoms with Crippen LogP contribution in [0.1, 0.15) is 0 Å². The van der Waals surface area contributed by atoms with E-state index in [0.29, 0.717) is 0 Å². The summed E-state index contributed by atoms with van der Waals surface area (Å²) in [7, 11) is -2.93. The van der Waals surface area contributed by atoms with Gasteiger partial charge in [-0.05, 0) is 0 Å². The highest BCUT2D eigenvalue weighted by molar-refractivity contribution is 7.91. The van der Waals surface area contributed by atoms with Crippen molar-refractivity contribution >= 4 is 9.84 Å². The van der Waals surface area contributed by atoms with E-state index < -0.39 is 9.84 Å². The summed E-state index contributed by atoms with van der Waals surface area (Å²) in [6.07, 6.45) is 15.9. The van der Waals surface area contributed by atoms with Crippen LogP contribution in [0.4, 0.5) is 0 Å². The van der Waals surface area contributed by atoms with E-state index in [4.69, 9.17) is 0 Å². The third-order valence-electron chi connectivity index (χ3n) is 3.58. The van der Waals surface area contributed by atoms with E-state index >= 15 is 0 Å². The molecule has 0 radical (unpaired) electrons. The molecule has 3 aliphatic rings. The highest BCUT2D eigenvalue weighted by Gasteiger charge is 2.56. The molecule has 2 aliphatic carbocycles. The monoisotopic (exact) mass is 220 g/mol. The van der Waals surface area contributed by atoms with Crippen LogP contribution in [0.5, 0.6) is 0 Å². The van der Waals surface area contributed by atoms with E-state index in [2.05, 4.69) is 0 Å². The standard InChI is InChI=1S/C12H12O2S/c13-15(14)9-11-5-1-2-6-12(11,10-15)8-4-3-7-11/h1-8H,9-10H2. The Kier molecular flexibility index (Phi) is 1.54. The summed E-state index contributed by atoms with van der Waals surface area (Å²) < 4.78 is 23.6. The molecule has 15 heavy (non-hydrogen) atoms. The number of rotatable bonds is 0. The van der Waals surface area contributed by atoms with E-state index in [0.717, 1.165) is 0 Å². The first kappa shape index (κ1) is 9.16. The first-order valence-corrected chi connectivity index (χ1v) is 6.84. The molecule has 0 N–H and O–H groups in total. The Labute approximate surface area is 89.6 Å². The van der Waals surface area contributed by atoms with Crippen molar-refractivity contribution in [1.29, 1.82) is 0 Å². The van der Waals surface area contributed by atoms with Crippen molar-refractivity contribution in [2.24, 2.45) is 10.8 Å². The lowest BCUT2D eigenvalue weighted by Crippen LogP contribution is -2.37. The normalized spacial score (nSPS) is 44.0. The average Bonchev–Trinajstić information content (AvgIpc) is 2.42. The number of allylic oxidation sites excluding steroid dienone is 8. The third-order valence-corrected chi connectivity index (χ3v) is 5.42. The molecule has 1 fully saturated rings. The number of hydrogen-bond acceptors (Lipinski definition) is 2. The van der Waals surface area contributed by atoms with Gasteiger partial charge in [-0.3, -0.25) is 0 Å². The van der Waals surface area contributed by atoms with Gasteiger partial charge in [0, 0.05) is 10.8 Å². The van der Waals surface area contributed by atoms with Crippen LogP contribution in [0.25, 0.3) is 0 Å². The average molecular weight is 220 g/mol. The molecule has 78 valence electrons. The minimum Gasteiger partial charge on any atom is -0.229 e. The fourth-order valence-electron chi connectivity index (χ4n) is 2.88. The van der Waals surface area contributed by atoms with Crippen molar-refractivity contribution in [3.8, 4) is 0 Å². The van der Waals surface area contributed by atoms with E-state index in [9.17, 15) is 8.42 Å². The molecule has 0 aromatic carbocycles. The van der Waals surface area contributed by atoms with Crippen molar-refractivity contribution in [2.75, 3.05) is 11.5 Å². The molecule has 0 amide bonds. The molecule has 0 aromatic heterocycles. The minimum absolute atomic E-state index is 0.238. The highest BCUT2D eigenvalue weighted by Crippen LogP contribution is 2.54. The van der Waals surface area contributed by atoms with Crippen molar-refractivity contribution in [3.63, 3.8) is 0 Å². The Bertz CT molecular complexity index is 452. The molecule has 0 aromatic rings. The highest BCUT2D eigenvalue weighted by atomic mass is 32.2. The molecule has 1 aliphatic heterocycles. The predicted molar refractivity (Wildman–Crippen MR) is 60.1 cm³/mol. The van der Waals surface area contributed by atoms with E-state index in [1.807, 2.05) is 48.6 Å². The van der Waals surface area contributed by atoms with Crippen molar-refractivity contribution in [1.82, 2.24) is 0 Å². The van der Waals surface area contributed by atoms with Gasteiger partial charge in [-0.15, -0.1) is 0 Å². The molecule has 0 unspecified atom stereocenters. The minimum atomic E-state index is -2.93. The molecule has 3 heteroatoms. The van der Waals surface area contributed by atoms with Gasteiger partial charge in [0.25, 0.3) is 0 Å². The van der Waals surface area contributed by atoms with Gasteiger partial charge in [-0.2, -0.15) is 0 Å². The fraction of sp³-hybridized carbons (Fsp3) is 0.333. The first-order valence-electron chi connectivity index (χ1n) is 5.02. The Hall–Kier alpha value is -1.09. The zero-order valence-electron chi connectivity index (χ0n) is 8.26. The van der Waals surface area contributed by atoms with E-state index in [-0.39, 0.29) is 22.3 Å². The zero-order chi connectivity index (χ0) is 10.6. The summed E-state index contributed by atoms with van der Waals surface area (Å²) in [5.41, 5.74) is -0.648. The molecular weight excluding hydrogens is 208 g/mol. The molecule has 0 spiro atoms. The van der Waals surface area contributed by atoms with E-state index in [1.165, 1.54) is 0 Å². The van der Waals surface area contributed by atoms with Gasteiger partial charge in [0.05, 0.1) is 11.5 Å². The smallest absolute Gasteiger partial charge is 0.152 e. The maximum Gasteiger partial charge on any atom is 0.152 e. The lowest BCUT2D eigenvalue weighted by Gasteiger charge is -2.40. The lowest BCUT2D eigenvalue weighted by molar-refractivity contribution is 0.341. The summed E-state index contributed by atoms with van der Waals surface area (Å²) in [5.74, 6) is 0.476. The quantitative estimate of drug-likeness (QED) is 0.622. The number of hydrogen-bond donors (Lipinski definition) is 0. The summed E-state index contributed by atoms with van der Waals surface area (Å²) in [6.45, 7) is 0. The predicted octanol–water partition coefficient (Wildman–Crippen LogP) is 1.64. The second kappa shape index (κ2) is 2.53. The molecular formula is C12H12O2S. The second-order valence-corrected chi connectivity index (χ2v) is 6.61. The van der Waals surface area contributed by atoms with Gasteiger partial charge in [0.2, 0.25) is 0 Å². The maximum absolute atomic E-state index is 11.8. The van der Waals surface area contributed by atoms with Crippen molar-refractivity contribution in [3.05, 3.63) is 48.6 Å². The molecule has 1 saturated heterocycles. The second-order valence-electron chi connectivity index (χ2n) is 4.55. The summed E-state index contributed by atoms with van der Waals surface area (Å²) in [6, 6.07) is 0. The van der Waals surface area contributed by atoms with Crippen LogP contribution in [0.3, 0.4) is 0 Å². The van der Waals surface area contributed by atoms with Crippen LogP contribution >= 0.6 is 0 Å². The summed E-state index contributed by atoms with van der Waals surface area (Å²) in [4.78, 5) is 0. The fourth-order valence-corrected chi connectivity index (χ4v) is 5.36. The van der Waals surface area contributed by atoms with Gasteiger partial charge in [0.15, 0.2) is 9.84 Å². The first-order chi connectivity index (χ1) is 7.08. The van der Waals surface area contributed by atoms with Crippen LogP contribution in [0.15, 0.2) is 48.6 Å². The molecule has 0 bridgehead atoms. The van der Waals surface area contributed by atoms with Crippen molar-refractivity contribution < 1.29 is 8.42 Å². The van der Waals surface area contributed by atoms with Crippen LogP contribution in [0, 0.1) is 10.8 Å². The van der Waals surface area contributed by atoms with Gasteiger partial charge in [-0.1, -0.05) is 48.6 Å². The summed E-state index contributed by atoms with van der Waals surface area (Å²) >= 11 is 0. The zero-order valence-corrected chi connectivity index (χ0v) is 9.07. The van der Waals surface area contributed by atoms with Gasteiger partial charge < -0.3 is 0 Å². The van der Waals surface area contributed by atoms with Gasteiger partial charge in [-0.25, -0.2) is 8.42 Å². The number of sulfone groups is 1. The Morgan fingerprint density at radius 2 is 1.07 bits per heavy atom. The van der Waals surface area contributed by atoms with Gasteiger partial charge >= 0.3 is 0 Å². The maximum atomic E-state index is 11.8. The van der Waals surface area contributed by atoms with Gasteiger partial charge in [0.1, 0.15) is 0 Å². The van der Waals surface area contributed by atoms with Crippen molar-refractivity contribution in [2.45, 2.75) is 0 Å². The molecule has 3 rings (SSSR count). The molecule has 0 saturated carbocycles. The summed E-state index contributed by atoms with van der Waals surface area (Å²) in [5, 5.41) is 0. The van der Waals surface area contributed by atoms with Crippen LogP contribution in [-0.4, -0.2) is 19.9 Å². The Morgan fingerprint density at radius 1 is 0.733 bits per heavy atom. The topological polar surface area (TPSA) is 34.1 Å². The molecule has 1 heterocycles. The Morgan fingerprint density at radius 3 is 1.40 bits per heavy atom. The molecule has 0 atom stereocenters. The SMILES string of the molecule is O=S1(=O)CC23C=CC=CC2(C=CC=C3)C1. The van der Waals surface area contributed by atoms with Crippen LogP contribution < -0.4 is 0 Å². The molecule has 2 nitrogen and oxygen atoms in total. The van der Waals surface area contributed by atoms with Crippen LogP contribution in [0.2, 0.25) is 0 Å². The lowest BCUT2D eigenvalue weighted by atomic mass is 9.61. The third kappa shape index (κ3) is 1.07. The van der Waals surface area contributed by atoms with E-state index in [1.54, 1.807) is 0 Å².